The second-order valence-corrected chi connectivity index (χ2v) is 5.93. The molecule has 2 rings (SSSR count). The van der Waals surface area contributed by atoms with E-state index in [9.17, 15) is 13.2 Å². The van der Waals surface area contributed by atoms with Crippen molar-refractivity contribution >= 4 is 33.5 Å². The number of aromatic nitrogens is 3. The number of nitrogens with zero attached hydrogens (tertiary/aromatic N) is 2. The van der Waals surface area contributed by atoms with E-state index < -0.39 is 15.9 Å². The number of carbonyl (C=O) groups excluding carboxylic acids is 1. The average Bonchev–Trinajstić information content (AvgIpc) is 2.91. The first-order chi connectivity index (χ1) is 9.44. The van der Waals surface area contributed by atoms with Crippen LogP contribution in [0.2, 0.25) is 5.02 Å². The number of rotatable bonds is 4. The highest BCUT2D eigenvalue weighted by molar-refractivity contribution is 7.89. The van der Waals surface area contributed by atoms with Gasteiger partial charge in [-0.15, -0.1) is 0 Å². The Morgan fingerprint density at radius 1 is 1.40 bits per heavy atom. The molecule has 0 saturated carbocycles. The lowest BCUT2D eigenvalue weighted by molar-refractivity contribution is 0.102. The van der Waals surface area contributed by atoms with Crippen LogP contribution in [-0.4, -0.2) is 36.6 Å². The molecule has 3 N–H and O–H groups in total. The number of amides is 1. The Kier molecular flexibility index (Phi) is 4.02. The lowest BCUT2D eigenvalue weighted by Gasteiger charge is -2.07. The third-order valence-electron chi connectivity index (χ3n) is 2.41. The Morgan fingerprint density at radius 3 is 2.75 bits per heavy atom. The molecule has 1 aromatic carbocycles. The number of hydrogen-bond donors (Lipinski definition) is 3. The minimum absolute atomic E-state index is 0.0133. The van der Waals surface area contributed by atoms with E-state index >= 15 is 0 Å². The third-order valence-corrected chi connectivity index (χ3v) is 4.15. The van der Waals surface area contributed by atoms with Crippen molar-refractivity contribution in [3.63, 3.8) is 0 Å². The Bertz CT molecular complexity index is 729. The van der Waals surface area contributed by atoms with E-state index in [1.54, 1.807) is 0 Å². The molecule has 0 spiro atoms. The van der Waals surface area contributed by atoms with Gasteiger partial charge in [0, 0.05) is 0 Å². The lowest BCUT2D eigenvalue weighted by atomic mass is 10.2. The summed E-state index contributed by atoms with van der Waals surface area (Å²) in [7, 11) is -2.38. The zero-order valence-electron chi connectivity index (χ0n) is 10.2. The molecule has 0 aliphatic rings. The summed E-state index contributed by atoms with van der Waals surface area (Å²) in [6.07, 6.45) is 1.22. The lowest BCUT2D eigenvalue weighted by Crippen LogP contribution is -2.20. The van der Waals surface area contributed by atoms with E-state index in [0.717, 1.165) is 0 Å². The summed E-state index contributed by atoms with van der Waals surface area (Å²) in [6, 6.07) is 3.82. The summed E-state index contributed by atoms with van der Waals surface area (Å²) >= 11 is 5.90. The molecule has 0 radical (unpaired) electrons. The molecule has 1 aromatic heterocycles. The highest BCUT2D eigenvalue weighted by Crippen LogP contribution is 2.21. The van der Waals surface area contributed by atoms with E-state index in [-0.39, 0.29) is 21.4 Å². The highest BCUT2D eigenvalue weighted by Gasteiger charge is 2.18. The number of carbonyl (C=O) groups is 1. The molecule has 8 nitrogen and oxygen atoms in total. The first-order valence-corrected chi connectivity index (χ1v) is 7.20. The zero-order chi connectivity index (χ0) is 14.8. The monoisotopic (exact) mass is 315 g/mol. The Balaban J connectivity index is 2.36. The molecule has 1 heterocycles. The van der Waals surface area contributed by atoms with E-state index in [4.69, 9.17) is 11.6 Å². The van der Waals surface area contributed by atoms with E-state index in [2.05, 4.69) is 25.2 Å². The molecule has 0 saturated heterocycles. The van der Waals surface area contributed by atoms with Crippen LogP contribution in [-0.2, 0) is 10.0 Å². The smallest absolute Gasteiger partial charge is 0.259 e. The number of halogens is 1. The predicted molar refractivity (Wildman–Crippen MR) is 72.0 cm³/mol. The van der Waals surface area contributed by atoms with Gasteiger partial charge in [-0.25, -0.2) is 18.2 Å². The summed E-state index contributed by atoms with van der Waals surface area (Å²) in [5.41, 5.74) is 0.0133. The summed E-state index contributed by atoms with van der Waals surface area (Å²) in [6.45, 7) is 0. The van der Waals surface area contributed by atoms with Gasteiger partial charge < -0.3 is 0 Å². The molecule has 0 atom stereocenters. The Labute approximate surface area is 119 Å². The van der Waals surface area contributed by atoms with Crippen LogP contribution in [0.15, 0.2) is 29.4 Å². The van der Waals surface area contributed by atoms with Crippen LogP contribution in [0.25, 0.3) is 0 Å². The maximum atomic E-state index is 12.0. The number of nitrogens with one attached hydrogen (secondary N) is 3. The van der Waals surface area contributed by atoms with Crippen molar-refractivity contribution in [1.29, 1.82) is 0 Å². The number of aromatic amines is 1. The maximum absolute atomic E-state index is 12.0. The normalized spacial score (nSPS) is 11.3. The molecule has 2 aromatic rings. The van der Waals surface area contributed by atoms with Crippen LogP contribution in [0.4, 0.5) is 5.95 Å². The first-order valence-electron chi connectivity index (χ1n) is 5.34. The standard InChI is InChI=1S/C10H10ClN5O3S/c1-12-20(18,19)6-2-3-8(11)7(4-6)9(17)15-10-13-5-14-16-10/h2-5,12H,1H3,(H2,13,14,15,16,17). The molecule has 10 heteroatoms. The van der Waals surface area contributed by atoms with Gasteiger partial charge in [-0.1, -0.05) is 11.6 Å². The van der Waals surface area contributed by atoms with Crippen LogP contribution in [0.3, 0.4) is 0 Å². The summed E-state index contributed by atoms with van der Waals surface area (Å²) < 4.78 is 25.5. The zero-order valence-corrected chi connectivity index (χ0v) is 11.8. The van der Waals surface area contributed by atoms with Crippen molar-refractivity contribution < 1.29 is 13.2 Å². The fraction of sp³-hybridized carbons (Fsp3) is 0.100. The van der Waals surface area contributed by atoms with Gasteiger partial charge in [0.05, 0.1) is 15.5 Å². The van der Waals surface area contributed by atoms with Crippen LogP contribution < -0.4 is 10.0 Å². The summed E-state index contributed by atoms with van der Waals surface area (Å²) in [5.74, 6) is -0.465. The van der Waals surface area contributed by atoms with Crippen molar-refractivity contribution in [2.45, 2.75) is 4.90 Å². The van der Waals surface area contributed by atoms with Gasteiger partial charge >= 0.3 is 0 Å². The van der Waals surface area contributed by atoms with Gasteiger partial charge in [-0.2, -0.15) is 10.1 Å². The minimum Gasteiger partial charge on any atom is -0.291 e. The van der Waals surface area contributed by atoms with Gasteiger partial charge in [0.25, 0.3) is 5.91 Å². The number of hydrogen-bond acceptors (Lipinski definition) is 5. The van der Waals surface area contributed by atoms with Crippen molar-refractivity contribution in [2.24, 2.45) is 0 Å². The van der Waals surface area contributed by atoms with Crippen molar-refractivity contribution in [3.05, 3.63) is 35.1 Å². The SMILES string of the molecule is CNS(=O)(=O)c1ccc(Cl)c(C(=O)Nc2ncn[nH]2)c1. The average molecular weight is 316 g/mol. The number of H-pyrrole nitrogens is 1. The number of benzene rings is 1. The summed E-state index contributed by atoms with van der Waals surface area (Å²) in [4.78, 5) is 15.7. The van der Waals surface area contributed by atoms with Crippen LogP contribution in [0.5, 0.6) is 0 Å². The quantitative estimate of drug-likeness (QED) is 0.764. The number of sulfonamides is 1. The summed E-state index contributed by atoms with van der Waals surface area (Å²) in [5, 5.41) is 8.55. The van der Waals surface area contributed by atoms with Crippen LogP contribution in [0, 0.1) is 0 Å². The van der Waals surface area contributed by atoms with E-state index in [0.29, 0.717) is 0 Å². The molecule has 106 valence electrons. The molecule has 0 aliphatic heterocycles. The molecule has 0 bridgehead atoms. The van der Waals surface area contributed by atoms with Crippen molar-refractivity contribution in [1.82, 2.24) is 19.9 Å². The second-order valence-electron chi connectivity index (χ2n) is 3.64. The van der Waals surface area contributed by atoms with Crippen LogP contribution >= 0.6 is 11.6 Å². The maximum Gasteiger partial charge on any atom is 0.259 e. The molecular formula is C10H10ClN5O3S. The molecule has 20 heavy (non-hydrogen) atoms. The van der Waals surface area contributed by atoms with Crippen LogP contribution in [0.1, 0.15) is 10.4 Å². The molecule has 1 amide bonds. The first kappa shape index (κ1) is 14.4. The fourth-order valence-electron chi connectivity index (χ4n) is 1.40. The Hall–Kier alpha value is -1.97. The molecule has 0 fully saturated rings. The van der Waals surface area contributed by atoms with Gasteiger partial charge in [0.1, 0.15) is 6.33 Å². The highest BCUT2D eigenvalue weighted by atomic mass is 35.5. The fourth-order valence-corrected chi connectivity index (χ4v) is 2.36. The van der Waals surface area contributed by atoms with Gasteiger partial charge in [0.15, 0.2) is 0 Å². The number of anilines is 1. The largest absolute Gasteiger partial charge is 0.291 e. The van der Waals surface area contributed by atoms with Crippen molar-refractivity contribution in [3.8, 4) is 0 Å². The minimum atomic E-state index is -3.66. The van der Waals surface area contributed by atoms with Gasteiger partial charge in [-0.3, -0.25) is 10.1 Å². The molecular weight excluding hydrogens is 306 g/mol. The van der Waals surface area contributed by atoms with E-state index in [1.165, 1.54) is 31.6 Å². The third kappa shape index (κ3) is 2.95. The van der Waals surface area contributed by atoms with Gasteiger partial charge in [-0.05, 0) is 25.2 Å². The van der Waals surface area contributed by atoms with Gasteiger partial charge in [0.2, 0.25) is 16.0 Å². The predicted octanol–water partition coefficient (Wildman–Crippen LogP) is 0.618. The molecule has 0 unspecified atom stereocenters. The topological polar surface area (TPSA) is 117 Å². The second kappa shape index (κ2) is 5.57. The Morgan fingerprint density at radius 2 is 2.15 bits per heavy atom. The molecule has 0 aliphatic carbocycles. The van der Waals surface area contributed by atoms with E-state index in [1.807, 2.05) is 0 Å². The van der Waals surface area contributed by atoms with Crippen molar-refractivity contribution in [2.75, 3.05) is 12.4 Å².